The van der Waals surface area contributed by atoms with Gasteiger partial charge in [0.05, 0.1) is 5.69 Å². The molecule has 0 bridgehead atoms. The molecule has 2 rings (SSSR count). The largest absolute Gasteiger partial charge is 0.361 e. The first-order chi connectivity index (χ1) is 9.60. The van der Waals surface area contributed by atoms with Gasteiger partial charge >= 0.3 is 0 Å². The zero-order valence-corrected chi connectivity index (χ0v) is 12.7. The third-order valence-corrected chi connectivity index (χ3v) is 3.86. The van der Waals surface area contributed by atoms with Gasteiger partial charge in [0, 0.05) is 22.6 Å². The number of thioether (sulfide) groups is 1. The molecule has 0 fully saturated rings. The van der Waals surface area contributed by atoms with Crippen LogP contribution < -0.4 is 5.32 Å². The predicted octanol–water partition coefficient (Wildman–Crippen LogP) is 3.58. The van der Waals surface area contributed by atoms with Gasteiger partial charge in [-0.25, -0.2) is 0 Å². The molecule has 0 radical (unpaired) electrons. The highest BCUT2D eigenvalue weighted by Gasteiger charge is 2.11. The summed E-state index contributed by atoms with van der Waals surface area (Å²) < 4.78 is 5.09. The van der Waals surface area contributed by atoms with Gasteiger partial charge in [-0.1, -0.05) is 11.2 Å². The van der Waals surface area contributed by atoms with Crippen molar-refractivity contribution in [1.82, 2.24) is 5.16 Å². The number of anilines is 1. The van der Waals surface area contributed by atoms with Crippen molar-refractivity contribution in [2.45, 2.75) is 31.6 Å². The minimum atomic E-state index is 0.00301. The first-order valence-corrected chi connectivity index (χ1v) is 7.68. The van der Waals surface area contributed by atoms with Gasteiger partial charge < -0.3 is 9.84 Å². The fourth-order valence-electron chi connectivity index (χ4n) is 2.02. The van der Waals surface area contributed by atoms with Crippen molar-refractivity contribution >= 4 is 23.4 Å². The molecule has 106 valence electrons. The van der Waals surface area contributed by atoms with E-state index in [0.29, 0.717) is 12.8 Å². The van der Waals surface area contributed by atoms with E-state index < -0.39 is 0 Å². The highest BCUT2D eigenvalue weighted by atomic mass is 32.2. The van der Waals surface area contributed by atoms with E-state index >= 15 is 0 Å². The van der Waals surface area contributed by atoms with Crippen molar-refractivity contribution < 1.29 is 9.32 Å². The Hall–Kier alpha value is -1.75. The summed E-state index contributed by atoms with van der Waals surface area (Å²) in [6.07, 6.45) is 3.08. The Morgan fingerprint density at radius 2 is 2.20 bits per heavy atom. The highest BCUT2D eigenvalue weighted by Crippen LogP contribution is 2.19. The molecule has 0 spiro atoms. The van der Waals surface area contributed by atoms with Crippen LogP contribution in [0.5, 0.6) is 0 Å². The van der Waals surface area contributed by atoms with Crippen molar-refractivity contribution in [3.63, 3.8) is 0 Å². The topological polar surface area (TPSA) is 55.1 Å². The van der Waals surface area contributed by atoms with Gasteiger partial charge in [-0.2, -0.15) is 0 Å². The summed E-state index contributed by atoms with van der Waals surface area (Å²) in [7, 11) is 0. The summed E-state index contributed by atoms with van der Waals surface area (Å²) in [5.41, 5.74) is 2.72. The second-order valence-electron chi connectivity index (χ2n) is 4.58. The van der Waals surface area contributed by atoms with Crippen molar-refractivity contribution in [2.75, 3.05) is 11.6 Å². The van der Waals surface area contributed by atoms with Crippen LogP contribution in [0, 0.1) is 13.8 Å². The van der Waals surface area contributed by atoms with Crippen LogP contribution in [0.1, 0.15) is 23.4 Å². The summed E-state index contributed by atoms with van der Waals surface area (Å²) in [5, 5.41) is 6.81. The summed E-state index contributed by atoms with van der Waals surface area (Å²) >= 11 is 1.65. The quantitative estimate of drug-likeness (QED) is 0.855. The van der Waals surface area contributed by atoms with Gasteiger partial charge in [0.15, 0.2) is 0 Å². The number of aryl methyl sites for hydroxylation is 2. The predicted molar refractivity (Wildman–Crippen MR) is 81.2 cm³/mol. The van der Waals surface area contributed by atoms with Crippen LogP contribution >= 0.6 is 11.8 Å². The molecule has 2 aromatic rings. The minimum absolute atomic E-state index is 0.00301. The zero-order chi connectivity index (χ0) is 14.5. The molecule has 0 aliphatic heterocycles. The molecule has 0 unspecified atom stereocenters. The Morgan fingerprint density at radius 1 is 1.40 bits per heavy atom. The number of amides is 1. The molecule has 0 saturated carbocycles. The first-order valence-electron chi connectivity index (χ1n) is 6.46. The van der Waals surface area contributed by atoms with Crippen molar-refractivity contribution in [3.05, 3.63) is 41.3 Å². The van der Waals surface area contributed by atoms with Crippen LogP contribution in [0.2, 0.25) is 0 Å². The van der Waals surface area contributed by atoms with E-state index in [1.54, 1.807) is 11.8 Å². The van der Waals surface area contributed by atoms with Gasteiger partial charge in [0.1, 0.15) is 5.76 Å². The van der Waals surface area contributed by atoms with Crippen molar-refractivity contribution in [3.8, 4) is 0 Å². The molecule has 20 heavy (non-hydrogen) atoms. The molecule has 1 heterocycles. The highest BCUT2D eigenvalue weighted by molar-refractivity contribution is 7.98. The van der Waals surface area contributed by atoms with Gasteiger partial charge in [-0.15, -0.1) is 11.8 Å². The van der Waals surface area contributed by atoms with Gasteiger partial charge in [-0.3, -0.25) is 4.79 Å². The second kappa shape index (κ2) is 6.61. The van der Waals surface area contributed by atoms with E-state index in [-0.39, 0.29) is 5.91 Å². The third kappa shape index (κ3) is 3.63. The SMILES string of the molecule is CSc1cccc(NC(=O)CCc2c(C)noc2C)c1. The molecule has 4 nitrogen and oxygen atoms in total. The van der Waals surface area contributed by atoms with E-state index in [4.69, 9.17) is 4.52 Å². The maximum Gasteiger partial charge on any atom is 0.224 e. The van der Waals surface area contributed by atoms with Crippen LogP contribution in [0.15, 0.2) is 33.7 Å². The van der Waals surface area contributed by atoms with E-state index in [0.717, 1.165) is 27.6 Å². The van der Waals surface area contributed by atoms with Crippen LogP contribution in [0.25, 0.3) is 0 Å². The molecule has 5 heteroatoms. The lowest BCUT2D eigenvalue weighted by Gasteiger charge is -2.06. The monoisotopic (exact) mass is 290 g/mol. The molecule has 1 N–H and O–H groups in total. The van der Waals surface area contributed by atoms with E-state index in [2.05, 4.69) is 10.5 Å². The molecule has 0 aliphatic rings. The zero-order valence-electron chi connectivity index (χ0n) is 11.9. The van der Waals surface area contributed by atoms with Crippen molar-refractivity contribution in [1.29, 1.82) is 0 Å². The number of carbonyl (C=O) groups is 1. The Bertz CT molecular complexity index is 588. The lowest BCUT2D eigenvalue weighted by atomic mass is 10.1. The number of nitrogens with one attached hydrogen (secondary N) is 1. The Labute approximate surface area is 122 Å². The summed E-state index contributed by atoms with van der Waals surface area (Å²) in [5.74, 6) is 0.794. The molecule has 1 aromatic heterocycles. The van der Waals surface area contributed by atoms with E-state index in [9.17, 15) is 4.79 Å². The molecular weight excluding hydrogens is 272 g/mol. The average molecular weight is 290 g/mol. The maximum absolute atomic E-state index is 12.0. The van der Waals surface area contributed by atoms with Gasteiger partial charge in [-0.05, 0) is 44.7 Å². The number of rotatable bonds is 5. The second-order valence-corrected chi connectivity index (χ2v) is 5.46. The number of nitrogens with zero attached hydrogens (tertiary/aromatic N) is 1. The molecule has 1 amide bonds. The number of hydrogen-bond donors (Lipinski definition) is 1. The van der Waals surface area contributed by atoms with Gasteiger partial charge in [0.2, 0.25) is 5.91 Å². The normalized spacial score (nSPS) is 10.6. The lowest BCUT2D eigenvalue weighted by molar-refractivity contribution is -0.116. The van der Waals surface area contributed by atoms with E-state index in [1.807, 2.05) is 44.4 Å². The lowest BCUT2D eigenvalue weighted by Crippen LogP contribution is -2.12. The molecule has 1 aromatic carbocycles. The van der Waals surface area contributed by atoms with Crippen LogP contribution in [0.3, 0.4) is 0 Å². The van der Waals surface area contributed by atoms with Crippen LogP contribution in [0.4, 0.5) is 5.69 Å². The first kappa shape index (κ1) is 14.7. The molecule has 0 aliphatic carbocycles. The Balaban J connectivity index is 1.92. The Kier molecular flexibility index (Phi) is 4.84. The maximum atomic E-state index is 12.0. The van der Waals surface area contributed by atoms with Crippen molar-refractivity contribution in [2.24, 2.45) is 0 Å². The smallest absolute Gasteiger partial charge is 0.224 e. The molecule has 0 saturated heterocycles. The number of carbonyl (C=O) groups excluding carboxylic acids is 1. The number of hydrogen-bond acceptors (Lipinski definition) is 4. The summed E-state index contributed by atoms with van der Waals surface area (Å²) in [6, 6.07) is 7.83. The van der Waals surface area contributed by atoms with Crippen LogP contribution in [-0.2, 0) is 11.2 Å². The fourth-order valence-corrected chi connectivity index (χ4v) is 2.48. The minimum Gasteiger partial charge on any atom is -0.361 e. The van der Waals surface area contributed by atoms with Gasteiger partial charge in [0.25, 0.3) is 0 Å². The van der Waals surface area contributed by atoms with Crippen LogP contribution in [-0.4, -0.2) is 17.3 Å². The number of benzene rings is 1. The summed E-state index contributed by atoms with van der Waals surface area (Å²) in [4.78, 5) is 13.1. The fraction of sp³-hybridized carbons (Fsp3) is 0.333. The number of aromatic nitrogens is 1. The molecular formula is C15H18N2O2S. The standard InChI is InChI=1S/C15H18N2O2S/c1-10-14(11(2)19-17-10)7-8-15(18)16-12-5-4-6-13(9-12)20-3/h4-6,9H,7-8H2,1-3H3,(H,16,18). The molecule has 0 atom stereocenters. The van der Waals surface area contributed by atoms with E-state index in [1.165, 1.54) is 0 Å². The Morgan fingerprint density at radius 3 is 2.85 bits per heavy atom. The average Bonchev–Trinajstić information content (AvgIpc) is 2.76. The summed E-state index contributed by atoms with van der Waals surface area (Å²) in [6.45, 7) is 3.76. The third-order valence-electron chi connectivity index (χ3n) is 3.14.